The molecule has 35 heavy (non-hydrogen) atoms. The summed E-state index contributed by atoms with van der Waals surface area (Å²) in [7, 11) is 0. The number of rotatable bonds is 5. The van der Waals surface area contributed by atoms with Crippen LogP contribution in [0.25, 0.3) is 11.3 Å². The summed E-state index contributed by atoms with van der Waals surface area (Å²) in [4.78, 5) is 25.7. The lowest BCUT2D eigenvalue weighted by Gasteiger charge is -2.34. The Morgan fingerprint density at radius 2 is 1.57 bits per heavy atom. The van der Waals surface area contributed by atoms with Crippen molar-refractivity contribution in [3.63, 3.8) is 0 Å². The van der Waals surface area contributed by atoms with Crippen LogP contribution >= 0.6 is 0 Å². The Labute approximate surface area is 201 Å². The van der Waals surface area contributed by atoms with Gasteiger partial charge in [0.05, 0.1) is 5.69 Å². The Morgan fingerprint density at radius 3 is 2.29 bits per heavy atom. The molecule has 2 aromatic carbocycles. The van der Waals surface area contributed by atoms with Gasteiger partial charge in [-0.15, -0.1) is 10.2 Å². The van der Waals surface area contributed by atoms with Gasteiger partial charge < -0.3 is 9.80 Å². The van der Waals surface area contributed by atoms with Crippen LogP contribution in [0.4, 0.5) is 14.7 Å². The molecule has 1 amide bonds. The Bertz CT molecular complexity index is 1330. The zero-order valence-corrected chi connectivity index (χ0v) is 18.8. The molecule has 0 spiro atoms. The second-order valence-corrected chi connectivity index (χ2v) is 8.21. The molecule has 3 heterocycles. The third-order valence-electron chi connectivity index (χ3n) is 5.94. The van der Waals surface area contributed by atoms with E-state index in [0.717, 1.165) is 11.6 Å². The van der Waals surface area contributed by atoms with Gasteiger partial charge in [-0.3, -0.25) is 4.79 Å². The molecule has 7 nitrogen and oxygen atoms in total. The van der Waals surface area contributed by atoms with Crippen molar-refractivity contribution in [1.82, 2.24) is 25.1 Å². The molecular formula is C26H22F2N6O. The molecular weight excluding hydrogens is 450 g/mol. The van der Waals surface area contributed by atoms with Gasteiger partial charge in [-0.1, -0.05) is 36.4 Å². The topological polar surface area (TPSA) is 75.1 Å². The molecule has 5 rings (SSSR count). The highest BCUT2D eigenvalue weighted by molar-refractivity contribution is 5.94. The predicted molar refractivity (Wildman–Crippen MR) is 127 cm³/mol. The first-order valence-electron chi connectivity index (χ1n) is 11.3. The number of aromatic nitrogens is 4. The monoisotopic (exact) mass is 472 g/mol. The minimum atomic E-state index is -0.669. The van der Waals surface area contributed by atoms with E-state index in [1.54, 1.807) is 29.4 Å². The average molecular weight is 472 g/mol. The second-order valence-electron chi connectivity index (χ2n) is 8.21. The van der Waals surface area contributed by atoms with Gasteiger partial charge in [0, 0.05) is 56.6 Å². The van der Waals surface area contributed by atoms with Crippen molar-refractivity contribution in [1.29, 1.82) is 0 Å². The zero-order valence-electron chi connectivity index (χ0n) is 18.8. The molecule has 0 atom stereocenters. The summed E-state index contributed by atoms with van der Waals surface area (Å²) in [5.74, 6) is -0.971. The molecule has 1 fully saturated rings. The van der Waals surface area contributed by atoms with Crippen LogP contribution in [0.2, 0.25) is 0 Å². The first-order chi connectivity index (χ1) is 17.1. The van der Waals surface area contributed by atoms with Crippen LogP contribution in [0.5, 0.6) is 0 Å². The first-order valence-corrected chi connectivity index (χ1v) is 11.3. The van der Waals surface area contributed by atoms with Crippen molar-refractivity contribution < 1.29 is 13.6 Å². The van der Waals surface area contributed by atoms with Crippen LogP contribution in [0, 0.1) is 11.6 Å². The van der Waals surface area contributed by atoms with Crippen LogP contribution in [-0.2, 0) is 6.42 Å². The first kappa shape index (κ1) is 22.5. The Kier molecular flexibility index (Phi) is 6.38. The Hall–Kier alpha value is -4.27. The SMILES string of the molecule is O=C(c1nnc(-c2ccccc2)cc1Cc1ccc(F)cc1F)N1CCN(c2ncccn2)CC1. The highest BCUT2D eigenvalue weighted by Crippen LogP contribution is 2.23. The summed E-state index contributed by atoms with van der Waals surface area (Å²) in [5, 5.41) is 8.56. The highest BCUT2D eigenvalue weighted by atomic mass is 19.1. The predicted octanol–water partition coefficient (Wildman–Crippen LogP) is 3.77. The van der Waals surface area contributed by atoms with E-state index in [9.17, 15) is 13.6 Å². The number of benzene rings is 2. The van der Waals surface area contributed by atoms with E-state index < -0.39 is 11.6 Å². The maximum absolute atomic E-state index is 14.5. The fraction of sp³-hybridized carbons (Fsp3) is 0.192. The van der Waals surface area contributed by atoms with Crippen LogP contribution in [0.1, 0.15) is 21.6 Å². The average Bonchev–Trinajstić information content (AvgIpc) is 2.91. The van der Waals surface area contributed by atoms with Crippen molar-refractivity contribution >= 4 is 11.9 Å². The number of carbonyl (C=O) groups excluding carboxylic acids is 1. The number of halogens is 2. The van der Waals surface area contributed by atoms with Crippen molar-refractivity contribution in [2.45, 2.75) is 6.42 Å². The molecule has 0 saturated carbocycles. The summed E-state index contributed by atoms with van der Waals surface area (Å²) >= 11 is 0. The molecule has 1 saturated heterocycles. The number of piperazine rings is 1. The van der Waals surface area contributed by atoms with E-state index in [1.807, 2.05) is 35.2 Å². The fourth-order valence-electron chi connectivity index (χ4n) is 4.08. The summed E-state index contributed by atoms with van der Waals surface area (Å²) in [6.07, 6.45) is 3.45. The normalized spacial score (nSPS) is 13.7. The molecule has 0 unspecified atom stereocenters. The largest absolute Gasteiger partial charge is 0.337 e. The van der Waals surface area contributed by atoms with E-state index in [0.29, 0.717) is 43.4 Å². The molecule has 2 aromatic heterocycles. The second kappa shape index (κ2) is 9.92. The summed E-state index contributed by atoms with van der Waals surface area (Å²) in [6, 6.07) is 16.4. The van der Waals surface area contributed by atoms with Crippen LogP contribution in [0.3, 0.4) is 0 Å². The Morgan fingerprint density at radius 1 is 0.829 bits per heavy atom. The molecule has 9 heteroatoms. The van der Waals surface area contributed by atoms with E-state index in [4.69, 9.17) is 0 Å². The maximum atomic E-state index is 14.5. The molecule has 0 N–H and O–H groups in total. The van der Waals surface area contributed by atoms with E-state index in [-0.39, 0.29) is 23.6 Å². The molecule has 0 aliphatic carbocycles. The number of hydrogen-bond acceptors (Lipinski definition) is 6. The molecule has 176 valence electrons. The van der Waals surface area contributed by atoms with Gasteiger partial charge in [0.25, 0.3) is 5.91 Å². The third kappa shape index (κ3) is 4.98. The van der Waals surface area contributed by atoms with Gasteiger partial charge in [-0.25, -0.2) is 18.7 Å². The van der Waals surface area contributed by atoms with Crippen molar-refractivity contribution in [3.8, 4) is 11.3 Å². The fourth-order valence-corrected chi connectivity index (χ4v) is 4.08. The van der Waals surface area contributed by atoms with Crippen molar-refractivity contribution in [2.75, 3.05) is 31.1 Å². The number of amides is 1. The minimum absolute atomic E-state index is 0.0837. The number of anilines is 1. The van der Waals surface area contributed by atoms with Gasteiger partial charge in [0.1, 0.15) is 11.6 Å². The van der Waals surface area contributed by atoms with Crippen LogP contribution in [-0.4, -0.2) is 57.2 Å². The number of hydrogen-bond donors (Lipinski definition) is 0. The van der Waals surface area contributed by atoms with Gasteiger partial charge >= 0.3 is 0 Å². The van der Waals surface area contributed by atoms with E-state index in [2.05, 4.69) is 20.2 Å². The van der Waals surface area contributed by atoms with E-state index in [1.165, 1.54) is 12.1 Å². The maximum Gasteiger partial charge on any atom is 0.274 e. The number of carbonyl (C=O) groups is 1. The van der Waals surface area contributed by atoms with Gasteiger partial charge in [0.15, 0.2) is 5.69 Å². The van der Waals surface area contributed by atoms with Gasteiger partial charge in [0.2, 0.25) is 5.95 Å². The quantitative estimate of drug-likeness (QED) is 0.440. The van der Waals surface area contributed by atoms with Crippen molar-refractivity contribution in [2.24, 2.45) is 0 Å². The molecule has 4 aromatic rings. The standard InChI is InChI=1S/C26H22F2N6O/c27-21-8-7-19(22(28)17-21)15-20-16-23(18-5-2-1-3-6-18)31-32-24(20)25(35)33-11-13-34(14-12-33)26-29-9-4-10-30-26/h1-10,16-17H,11-15H2. The summed E-state index contributed by atoms with van der Waals surface area (Å²) < 4.78 is 27.9. The molecule has 1 aliphatic rings. The third-order valence-corrected chi connectivity index (χ3v) is 5.94. The molecule has 0 radical (unpaired) electrons. The Balaban J connectivity index is 1.42. The lowest BCUT2D eigenvalue weighted by atomic mass is 10.0. The summed E-state index contributed by atoms with van der Waals surface area (Å²) in [5.41, 5.74) is 2.38. The molecule has 0 bridgehead atoms. The smallest absolute Gasteiger partial charge is 0.274 e. The van der Waals surface area contributed by atoms with Gasteiger partial charge in [-0.05, 0) is 29.3 Å². The van der Waals surface area contributed by atoms with Gasteiger partial charge in [-0.2, -0.15) is 0 Å². The van der Waals surface area contributed by atoms with Crippen LogP contribution in [0.15, 0.2) is 73.1 Å². The highest BCUT2D eigenvalue weighted by Gasteiger charge is 2.27. The minimum Gasteiger partial charge on any atom is -0.337 e. The van der Waals surface area contributed by atoms with Crippen molar-refractivity contribution in [3.05, 3.63) is 102 Å². The lowest BCUT2D eigenvalue weighted by molar-refractivity contribution is 0.0738. The van der Waals surface area contributed by atoms with Crippen LogP contribution < -0.4 is 4.90 Å². The summed E-state index contributed by atoms with van der Waals surface area (Å²) in [6.45, 7) is 2.08. The lowest BCUT2D eigenvalue weighted by Crippen LogP contribution is -2.49. The van der Waals surface area contributed by atoms with E-state index >= 15 is 0 Å². The number of nitrogens with zero attached hydrogens (tertiary/aromatic N) is 6. The molecule has 1 aliphatic heterocycles. The zero-order chi connectivity index (χ0) is 24.2.